The smallest absolute Gasteiger partial charge is 0.259 e. The molecule has 1 amide bonds. The van der Waals surface area contributed by atoms with Gasteiger partial charge in [0.2, 0.25) is 0 Å². The molecule has 3 nitrogen and oxygen atoms in total. The van der Waals surface area contributed by atoms with Crippen molar-refractivity contribution in [2.24, 2.45) is 0 Å². The van der Waals surface area contributed by atoms with Gasteiger partial charge in [-0.1, -0.05) is 41.4 Å². The second-order valence-electron chi connectivity index (χ2n) is 4.08. The first-order valence-corrected chi connectivity index (χ1v) is 7.33. The zero-order valence-electron chi connectivity index (χ0n) is 10.1. The van der Waals surface area contributed by atoms with Crippen LogP contribution in [0.2, 0.25) is 8.67 Å². The molecular weight excluding hydrogens is 315 g/mol. The SMILES string of the molecule is O=C(Nc1ccc2ccccc2n1)c1cc(Cl)sc1Cl. The molecule has 100 valence electrons. The molecule has 6 heteroatoms. The summed E-state index contributed by atoms with van der Waals surface area (Å²) in [6, 6.07) is 12.9. The van der Waals surface area contributed by atoms with Crippen LogP contribution in [0.25, 0.3) is 10.9 Å². The Morgan fingerprint density at radius 1 is 1.15 bits per heavy atom. The van der Waals surface area contributed by atoms with E-state index in [0.717, 1.165) is 22.2 Å². The Kier molecular flexibility index (Phi) is 3.61. The molecule has 0 saturated heterocycles. The lowest BCUT2D eigenvalue weighted by molar-refractivity contribution is 0.102. The second kappa shape index (κ2) is 5.40. The highest BCUT2D eigenvalue weighted by molar-refractivity contribution is 7.20. The van der Waals surface area contributed by atoms with Gasteiger partial charge in [-0.15, -0.1) is 11.3 Å². The van der Waals surface area contributed by atoms with Crippen molar-refractivity contribution >= 4 is 57.2 Å². The molecule has 20 heavy (non-hydrogen) atoms. The Labute approximate surface area is 129 Å². The maximum Gasteiger partial charge on any atom is 0.259 e. The number of carbonyl (C=O) groups excluding carboxylic acids is 1. The topological polar surface area (TPSA) is 42.0 Å². The molecule has 0 aliphatic rings. The Bertz CT molecular complexity index is 801. The molecule has 0 unspecified atom stereocenters. The van der Waals surface area contributed by atoms with Crippen molar-refractivity contribution < 1.29 is 4.79 Å². The maximum atomic E-state index is 12.1. The summed E-state index contributed by atoms with van der Waals surface area (Å²) in [5, 5.41) is 3.73. The van der Waals surface area contributed by atoms with E-state index in [0.29, 0.717) is 20.1 Å². The third-order valence-electron chi connectivity index (χ3n) is 2.74. The number of pyridine rings is 1. The highest BCUT2D eigenvalue weighted by Gasteiger charge is 2.14. The Hall–Kier alpha value is -1.62. The average Bonchev–Trinajstić information content (AvgIpc) is 2.78. The number of hydrogen-bond donors (Lipinski definition) is 1. The third-order valence-corrected chi connectivity index (χ3v) is 4.23. The van der Waals surface area contributed by atoms with E-state index < -0.39 is 0 Å². The van der Waals surface area contributed by atoms with Gasteiger partial charge in [0.05, 0.1) is 15.4 Å². The van der Waals surface area contributed by atoms with Crippen LogP contribution >= 0.6 is 34.5 Å². The zero-order valence-corrected chi connectivity index (χ0v) is 12.4. The zero-order chi connectivity index (χ0) is 14.1. The van der Waals surface area contributed by atoms with Crippen LogP contribution in [0.3, 0.4) is 0 Å². The van der Waals surface area contributed by atoms with Crippen molar-refractivity contribution in [3.05, 3.63) is 56.7 Å². The van der Waals surface area contributed by atoms with E-state index in [1.165, 1.54) is 0 Å². The van der Waals surface area contributed by atoms with Crippen molar-refractivity contribution in [2.75, 3.05) is 5.32 Å². The van der Waals surface area contributed by atoms with E-state index in [1.807, 2.05) is 30.3 Å². The van der Waals surface area contributed by atoms with Crippen LogP contribution in [0.15, 0.2) is 42.5 Å². The molecule has 0 fully saturated rings. The summed E-state index contributed by atoms with van der Waals surface area (Å²) in [4.78, 5) is 16.5. The van der Waals surface area contributed by atoms with Crippen molar-refractivity contribution in [1.82, 2.24) is 4.98 Å². The number of fused-ring (bicyclic) bond motifs is 1. The van der Waals surface area contributed by atoms with Gasteiger partial charge in [0.25, 0.3) is 5.91 Å². The van der Waals surface area contributed by atoms with E-state index >= 15 is 0 Å². The molecule has 0 atom stereocenters. The lowest BCUT2D eigenvalue weighted by Crippen LogP contribution is -2.12. The monoisotopic (exact) mass is 322 g/mol. The number of rotatable bonds is 2. The number of para-hydroxylation sites is 1. The largest absolute Gasteiger partial charge is 0.306 e. The highest BCUT2D eigenvalue weighted by atomic mass is 35.5. The fourth-order valence-electron chi connectivity index (χ4n) is 1.81. The normalized spacial score (nSPS) is 10.7. The van der Waals surface area contributed by atoms with Gasteiger partial charge in [-0.2, -0.15) is 0 Å². The molecule has 3 rings (SSSR count). The number of thiophene rings is 1. The van der Waals surface area contributed by atoms with Crippen LogP contribution in [-0.4, -0.2) is 10.9 Å². The van der Waals surface area contributed by atoms with E-state index in [4.69, 9.17) is 23.2 Å². The van der Waals surface area contributed by atoms with Gasteiger partial charge in [-0.25, -0.2) is 4.98 Å². The first kappa shape index (κ1) is 13.4. The molecule has 0 aliphatic carbocycles. The number of nitrogens with zero attached hydrogens (tertiary/aromatic N) is 1. The average molecular weight is 323 g/mol. The van der Waals surface area contributed by atoms with Crippen LogP contribution in [0.1, 0.15) is 10.4 Å². The number of amides is 1. The minimum absolute atomic E-state index is 0.319. The van der Waals surface area contributed by atoms with Gasteiger partial charge in [0.15, 0.2) is 0 Å². The quantitative estimate of drug-likeness (QED) is 0.732. The minimum Gasteiger partial charge on any atom is -0.306 e. The van der Waals surface area contributed by atoms with Gasteiger partial charge >= 0.3 is 0 Å². The fourth-order valence-corrected chi connectivity index (χ4v) is 3.27. The number of halogens is 2. The van der Waals surface area contributed by atoms with Crippen molar-refractivity contribution in [3.63, 3.8) is 0 Å². The molecule has 1 aromatic carbocycles. The summed E-state index contributed by atoms with van der Waals surface area (Å²) in [6.07, 6.45) is 0. The molecule has 3 aromatic rings. The van der Waals surface area contributed by atoms with Crippen LogP contribution in [-0.2, 0) is 0 Å². The number of hydrogen-bond acceptors (Lipinski definition) is 3. The predicted octanol–water partition coefficient (Wildman–Crippen LogP) is 4.86. The summed E-state index contributed by atoms with van der Waals surface area (Å²) < 4.78 is 0.847. The van der Waals surface area contributed by atoms with E-state index in [1.54, 1.807) is 12.1 Å². The molecule has 0 bridgehead atoms. The third kappa shape index (κ3) is 2.63. The number of aromatic nitrogens is 1. The first-order chi connectivity index (χ1) is 9.63. The molecular formula is C14H8Cl2N2OS. The first-order valence-electron chi connectivity index (χ1n) is 5.75. The maximum absolute atomic E-state index is 12.1. The summed E-state index contributed by atoms with van der Waals surface area (Å²) in [7, 11) is 0. The van der Waals surface area contributed by atoms with Gasteiger partial charge in [-0.3, -0.25) is 4.79 Å². The van der Waals surface area contributed by atoms with Crippen LogP contribution in [0, 0.1) is 0 Å². The Morgan fingerprint density at radius 2 is 1.95 bits per heavy atom. The fraction of sp³-hybridized carbons (Fsp3) is 0. The van der Waals surface area contributed by atoms with Gasteiger partial charge in [0.1, 0.15) is 10.2 Å². The molecule has 1 N–H and O–H groups in total. The lowest BCUT2D eigenvalue weighted by atomic mass is 10.2. The molecule has 0 radical (unpaired) electrons. The number of nitrogens with one attached hydrogen (secondary N) is 1. The Morgan fingerprint density at radius 3 is 2.70 bits per heavy atom. The lowest BCUT2D eigenvalue weighted by Gasteiger charge is -2.04. The molecule has 0 saturated carbocycles. The van der Waals surface area contributed by atoms with Gasteiger partial charge < -0.3 is 5.32 Å². The van der Waals surface area contributed by atoms with Crippen molar-refractivity contribution in [1.29, 1.82) is 0 Å². The minimum atomic E-state index is -0.319. The van der Waals surface area contributed by atoms with Gasteiger partial charge in [0, 0.05) is 5.39 Å². The van der Waals surface area contributed by atoms with Crippen LogP contribution < -0.4 is 5.32 Å². The Balaban J connectivity index is 1.89. The molecule has 0 aliphatic heterocycles. The van der Waals surface area contributed by atoms with Crippen molar-refractivity contribution in [3.8, 4) is 0 Å². The number of anilines is 1. The molecule has 2 aromatic heterocycles. The summed E-state index contributed by atoms with van der Waals surface area (Å²) in [5.74, 6) is 0.160. The van der Waals surface area contributed by atoms with Crippen LogP contribution in [0.5, 0.6) is 0 Å². The number of carbonyl (C=O) groups is 1. The van der Waals surface area contributed by atoms with E-state index in [9.17, 15) is 4.79 Å². The van der Waals surface area contributed by atoms with Gasteiger partial charge in [-0.05, 0) is 24.3 Å². The van der Waals surface area contributed by atoms with Crippen molar-refractivity contribution in [2.45, 2.75) is 0 Å². The molecule has 0 spiro atoms. The highest BCUT2D eigenvalue weighted by Crippen LogP contribution is 2.31. The number of benzene rings is 1. The standard InChI is InChI=1S/C14H8Cl2N2OS/c15-11-7-9(13(16)20-11)14(19)18-12-6-5-8-3-1-2-4-10(8)17-12/h1-7H,(H,17,18,19). The second-order valence-corrected chi connectivity index (χ2v) is 6.37. The van der Waals surface area contributed by atoms with E-state index in [2.05, 4.69) is 10.3 Å². The van der Waals surface area contributed by atoms with Crippen LogP contribution in [0.4, 0.5) is 5.82 Å². The molecule has 2 heterocycles. The summed E-state index contributed by atoms with van der Waals surface area (Å²) >= 11 is 12.9. The van der Waals surface area contributed by atoms with E-state index in [-0.39, 0.29) is 5.91 Å². The predicted molar refractivity (Wildman–Crippen MR) is 84.0 cm³/mol. The summed E-state index contributed by atoms with van der Waals surface area (Å²) in [6.45, 7) is 0. The summed E-state index contributed by atoms with van der Waals surface area (Å²) in [5.41, 5.74) is 1.18.